The van der Waals surface area contributed by atoms with Gasteiger partial charge in [-0.25, -0.2) is 4.98 Å². The van der Waals surface area contributed by atoms with E-state index in [0.29, 0.717) is 5.88 Å². The van der Waals surface area contributed by atoms with E-state index in [1.54, 1.807) is 0 Å². The number of nitrogens with zero attached hydrogens (tertiary/aromatic N) is 2. The van der Waals surface area contributed by atoms with Crippen LogP contribution >= 0.6 is 11.6 Å². The molecule has 0 radical (unpaired) electrons. The zero-order valence-corrected chi connectivity index (χ0v) is 10.5. The van der Waals surface area contributed by atoms with Crippen molar-refractivity contribution in [1.29, 1.82) is 0 Å². The summed E-state index contributed by atoms with van der Waals surface area (Å²) in [6.07, 6.45) is 1.14. The molecule has 1 aromatic rings. The first-order valence-corrected chi connectivity index (χ1v) is 6.03. The standard InChI is InChI=1S/C12H19ClN2/c1-4-6-15(5-2)12-8-11(9-13)7-10(3)14-12/h7-8H,4-6,9H2,1-3H3. The number of hydrogen-bond donors (Lipinski definition) is 0. The fraction of sp³-hybridized carbons (Fsp3) is 0.583. The van der Waals surface area contributed by atoms with E-state index in [0.717, 1.165) is 36.6 Å². The van der Waals surface area contributed by atoms with Crippen LogP contribution in [-0.2, 0) is 5.88 Å². The molecule has 0 aromatic carbocycles. The van der Waals surface area contributed by atoms with E-state index in [1.807, 2.05) is 13.0 Å². The summed E-state index contributed by atoms with van der Waals surface area (Å²) in [4.78, 5) is 6.82. The van der Waals surface area contributed by atoms with E-state index in [1.165, 1.54) is 0 Å². The molecule has 0 amide bonds. The van der Waals surface area contributed by atoms with Gasteiger partial charge in [-0.05, 0) is 38.0 Å². The van der Waals surface area contributed by atoms with Crippen LogP contribution in [0.3, 0.4) is 0 Å². The monoisotopic (exact) mass is 226 g/mol. The van der Waals surface area contributed by atoms with E-state index in [4.69, 9.17) is 11.6 Å². The first-order chi connectivity index (χ1) is 7.21. The molecule has 0 spiro atoms. The lowest BCUT2D eigenvalue weighted by Gasteiger charge is -2.22. The molecule has 0 unspecified atom stereocenters. The van der Waals surface area contributed by atoms with E-state index in [9.17, 15) is 0 Å². The van der Waals surface area contributed by atoms with Gasteiger partial charge in [0, 0.05) is 24.7 Å². The fourth-order valence-electron chi connectivity index (χ4n) is 1.66. The molecular formula is C12H19ClN2. The first-order valence-electron chi connectivity index (χ1n) is 5.49. The van der Waals surface area contributed by atoms with Crippen LogP contribution in [-0.4, -0.2) is 18.1 Å². The van der Waals surface area contributed by atoms with E-state index in [-0.39, 0.29) is 0 Å². The number of alkyl halides is 1. The van der Waals surface area contributed by atoms with Gasteiger partial charge in [0.1, 0.15) is 5.82 Å². The van der Waals surface area contributed by atoms with Gasteiger partial charge in [-0.15, -0.1) is 11.6 Å². The van der Waals surface area contributed by atoms with Crippen molar-refractivity contribution in [2.24, 2.45) is 0 Å². The van der Waals surface area contributed by atoms with Gasteiger partial charge in [-0.2, -0.15) is 0 Å². The van der Waals surface area contributed by atoms with Crippen molar-refractivity contribution in [2.45, 2.75) is 33.1 Å². The molecule has 0 fully saturated rings. The molecule has 0 aliphatic rings. The molecule has 1 heterocycles. The lowest BCUT2D eigenvalue weighted by molar-refractivity contribution is 0.776. The van der Waals surface area contributed by atoms with Crippen molar-refractivity contribution < 1.29 is 0 Å². The average molecular weight is 227 g/mol. The van der Waals surface area contributed by atoms with Crippen LogP contribution in [0.2, 0.25) is 0 Å². The Morgan fingerprint density at radius 2 is 2.07 bits per heavy atom. The third kappa shape index (κ3) is 3.38. The predicted octanol–water partition coefficient (Wildman–Crippen LogP) is 3.37. The third-order valence-corrected chi connectivity index (χ3v) is 2.66. The summed E-state index contributed by atoms with van der Waals surface area (Å²) in [5, 5.41) is 0. The maximum Gasteiger partial charge on any atom is 0.129 e. The number of hydrogen-bond acceptors (Lipinski definition) is 2. The summed E-state index contributed by atoms with van der Waals surface area (Å²) in [6.45, 7) is 8.39. The Morgan fingerprint density at radius 1 is 1.33 bits per heavy atom. The van der Waals surface area contributed by atoms with Crippen LogP contribution in [0.1, 0.15) is 31.5 Å². The second-order valence-electron chi connectivity index (χ2n) is 3.69. The summed E-state index contributed by atoms with van der Waals surface area (Å²) in [5.41, 5.74) is 2.19. The summed E-state index contributed by atoms with van der Waals surface area (Å²) in [6, 6.07) is 4.12. The highest BCUT2D eigenvalue weighted by Crippen LogP contribution is 2.16. The average Bonchev–Trinajstić information content (AvgIpc) is 2.24. The largest absolute Gasteiger partial charge is 0.357 e. The predicted molar refractivity (Wildman–Crippen MR) is 66.7 cm³/mol. The summed E-state index contributed by atoms with van der Waals surface area (Å²) >= 11 is 5.85. The highest BCUT2D eigenvalue weighted by Gasteiger charge is 2.06. The Labute approximate surface area is 97.3 Å². The van der Waals surface area contributed by atoms with Gasteiger partial charge in [0.05, 0.1) is 0 Å². The minimum atomic E-state index is 0.556. The van der Waals surface area contributed by atoms with Crippen LogP contribution in [0.25, 0.3) is 0 Å². The van der Waals surface area contributed by atoms with E-state index < -0.39 is 0 Å². The van der Waals surface area contributed by atoms with Crippen molar-refractivity contribution in [1.82, 2.24) is 4.98 Å². The summed E-state index contributed by atoms with van der Waals surface area (Å²) in [7, 11) is 0. The van der Waals surface area contributed by atoms with E-state index >= 15 is 0 Å². The smallest absolute Gasteiger partial charge is 0.129 e. The zero-order chi connectivity index (χ0) is 11.3. The topological polar surface area (TPSA) is 16.1 Å². The van der Waals surface area contributed by atoms with Gasteiger partial charge in [-0.1, -0.05) is 6.92 Å². The minimum absolute atomic E-state index is 0.556. The normalized spacial score (nSPS) is 10.4. The Balaban J connectivity index is 2.95. The summed E-state index contributed by atoms with van der Waals surface area (Å²) in [5.74, 6) is 1.61. The van der Waals surface area contributed by atoms with Gasteiger partial charge in [0.2, 0.25) is 0 Å². The third-order valence-electron chi connectivity index (χ3n) is 2.35. The molecule has 1 rings (SSSR count). The lowest BCUT2D eigenvalue weighted by Crippen LogP contribution is -2.24. The van der Waals surface area contributed by atoms with E-state index in [2.05, 4.69) is 29.8 Å². The van der Waals surface area contributed by atoms with Gasteiger partial charge in [-0.3, -0.25) is 0 Å². The molecule has 2 nitrogen and oxygen atoms in total. The van der Waals surface area contributed by atoms with Crippen LogP contribution in [0, 0.1) is 6.92 Å². The molecule has 84 valence electrons. The first kappa shape index (κ1) is 12.3. The Bertz CT molecular complexity index is 312. The molecule has 0 saturated heterocycles. The molecule has 0 bridgehead atoms. The van der Waals surface area contributed by atoms with Crippen LogP contribution < -0.4 is 4.90 Å². The number of anilines is 1. The molecule has 15 heavy (non-hydrogen) atoms. The van der Waals surface area contributed by atoms with Gasteiger partial charge < -0.3 is 4.90 Å². The maximum absolute atomic E-state index is 5.85. The molecular weight excluding hydrogens is 208 g/mol. The Kier molecular flexibility index (Phi) is 4.89. The van der Waals surface area contributed by atoms with Gasteiger partial charge in [0.15, 0.2) is 0 Å². The zero-order valence-electron chi connectivity index (χ0n) is 9.76. The second kappa shape index (κ2) is 5.96. The second-order valence-corrected chi connectivity index (χ2v) is 3.96. The van der Waals surface area contributed by atoms with Crippen molar-refractivity contribution in [3.63, 3.8) is 0 Å². The minimum Gasteiger partial charge on any atom is -0.357 e. The number of halogens is 1. The van der Waals surface area contributed by atoms with Crippen LogP contribution in [0.5, 0.6) is 0 Å². The van der Waals surface area contributed by atoms with Crippen molar-refractivity contribution >= 4 is 17.4 Å². The maximum atomic E-state index is 5.85. The van der Waals surface area contributed by atoms with Crippen LogP contribution in [0.4, 0.5) is 5.82 Å². The lowest BCUT2D eigenvalue weighted by atomic mass is 10.2. The van der Waals surface area contributed by atoms with Crippen molar-refractivity contribution in [3.8, 4) is 0 Å². The molecule has 0 saturated carbocycles. The number of rotatable bonds is 5. The molecule has 0 aliphatic carbocycles. The molecule has 1 aromatic heterocycles. The van der Waals surface area contributed by atoms with Crippen LogP contribution in [0.15, 0.2) is 12.1 Å². The Hall–Kier alpha value is -0.760. The number of aryl methyl sites for hydroxylation is 1. The van der Waals surface area contributed by atoms with Gasteiger partial charge in [0.25, 0.3) is 0 Å². The molecule has 0 aliphatic heterocycles. The van der Waals surface area contributed by atoms with Crippen molar-refractivity contribution in [3.05, 3.63) is 23.4 Å². The fourth-order valence-corrected chi connectivity index (χ4v) is 1.82. The molecule has 3 heteroatoms. The molecule has 0 N–H and O–H groups in total. The number of pyridine rings is 1. The highest BCUT2D eigenvalue weighted by molar-refractivity contribution is 6.17. The molecule has 0 atom stereocenters. The summed E-state index contributed by atoms with van der Waals surface area (Å²) < 4.78 is 0. The van der Waals surface area contributed by atoms with Crippen molar-refractivity contribution in [2.75, 3.05) is 18.0 Å². The van der Waals surface area contributed by atoms with Gasteiger partial charge >= 0.3 is 0 Å². The Morgan fingerprint density at radius 3 is 2.60 bits per heavy atom. The highest BCUT2D eigenvalue weighted by atomic mass is 35.5. The number of aromatic nitrogens is 1. The SMILES string of the molecule is CCCN(CC)c1cc(CCl)cc(C)n1. The quantitative estimate of drug-likeness (QED) is 0.716.